The number of nitrogens with one attached hydrogen (secondary N) is 2. The minimum atomic E-state index is -2.75. The molecule has 0 atom stereocenters. The maximum atomic E-state index is 13.3. The number of nitrogens with zero attached hydrogens (tertiary/aromatic N) is 3. The fraction of sp³-hybridized carbons (Fsp3) is 0.167. The number of ether oxygens (including phenoxy) is 1. The number of urea groups is 1. The quantitative estimate of drug-likeness (QED) is 0.595. The lowest BCUT2D eigenvalue weighted by atomic mass is 10.3. The second-order valence-electron chi connectivity index (χ2n) is 5.85. The summed E-state index contributed by atoms with van der Waals surface area (Å²) < 4.78 is 44.1. The number of benzene rings is 1. The predicted octanol–water partition coefficient (Wildman–Crippen LogP) is 4.78. The highest BCUT2D eigenvalue weighted by Crippen LogP contribution is 2.25. The molecule has 3 aromatic rings. The SMILES string of the molecule is COc1cncc(N(Cc2cc(C(F)F)n[nH]2)C(=O)Nc2ccc(F)c(Cl)c2)c1. The summed E-state index contributed by atoms with van der Waals surface area (Å²) in [6.45, 7) is -0.116. The van der Waals surface area contributed by atoms with E-state index in [0.717, 1.165) is 12.1 Å². The van der Waals surface area contributed by atoms with Gasteiger partial charge in [0.1, 0.15) is 17.3 Å². The zero-order valence-corrected chi connectivity index (χ0v) is 15.8. The molecule has 0 radical (unpaired) electrons. The van der Waals surface area contributed by atoms with Gasteiger partial charge in [-0.25, -0.2) is 18.0 Å². The van der Waals surface area contributed by atoms with Crippen molar-refractivity contribution in [2.75, 3.05) is 17.3 Å². The van der Waals surface area contributed by atoms with Crippen LogP contribution in [-0.4, -0.2) is 28.3 Å². The van der Waals surface area contributed by atoms with Gasteiger partial charge in [-0.15, -0.1) is 0 Å². The van der Waals surface area contributed by atoms with Crippen LogP contribution in [0.3, 0.4) is 0 Å². The largest absolute Gasteiger partial charge is 0.495 e. The Morgan fingerprint density at radius 3 is 2.76 bits per heavy atom. The number of carbonyl (C=O) groups excluding carboxylic acids is 1. The van der Waals surface area contributed by atoms with Crippen molar-refractivity contribution in [3.63, 3.8) is 0 Å². The molecular weight excluding hydrogens is 411 g/mol. The summed E-state index contributed by atoms with van der Waals surface area (Å²) >= 11 is 5.74. The van der Waals surface area contributed by atoms with Gasteiger partial charge in [0.2, 0.25) is 0 Å². The number of amides is 2. The number of pyridine rings is 1. The summed E-state index contributed by atoms with van der Waals surface area (Å²) in [7, 11) is 1.44. The zero-order valence-electron chi connectivity index (χ0n) is 15.0. The molecule has 0 bridgehead atoms. The molecule has 0 aliphatic heterocycles. The standard InChI is InChI=1S/C18H15ClF3N5O2/c1-29-13-6-12(7-23-8-13)27(9-11-5-16(17(21)22)26-25-11)18(28)24-10-2-3-15(20)14(19)4-10/h2-8,17H,9H2,1H3,(H,24,28)(H,25,26). The molecule has 29 heavy (non-hydrogen) atoms. The van der Waals surface area contributed by atoms with Gasteiger partial charge in [0.15, 0.2) is 0 Å². The van der Waals surface area contributed by atoms with Crippen LogP contribution in [0.5, 0.6) is 5.75 Å². The summed E-state index contributed by atoms with van der Waals surface area (Å²) in [5, 5.41) is 8.43. The zero-order chi connectivity index (χ0) is 21.0. The lowest BCUT2D eigenvalue weighted by molar-refractivity contribution is 0.146. The van der Waals surface area contributed by atoms with E-state index in [1.807, 2.05) is 0 Å². The summed E-state index contributed by atoms with van der Waals surface area (Å²) in [4.78, 5) is 18.1. The number of anilines is 2. The van der Waals surface area contributed by atoms with Gasteiger partial charge in [-0.2, -0.15) is 5.10 Å². The molecule has 0 fully saturated rings. The van der Waals surface area contributed by atoms with Crippen molar-refractivity contribution in [3.8, 4) is 5.75 Å². The van der Waals surface area contributed by atoms with Crippen LogP contribution in [0.1, 0.15) is 17.8 Å². The first kappa shape index (κ1) is 20.5. The Morgan fingerprint density at radius 2 is 2.10 bits per heavy atom. The van der Waals surface area contributed by atoms with Crippen LogP contribution in [0.15, 0.2) is 42.7 Å². The van der Waals surface area contributed by atoms with Gasteiger partial charge in [0.05, 0.1) is 42.5 Å². The molecule has 2 heterocycles. The molecule has 0 aliphatic rings. The van der Waals surface area contributed by atoms with E-state index in [9.17, 15) is 18.0 Å². The highest BCUT2D eigenvalue weighted by Gasteiger charge is 2.20. The van der Waals surface area contributed by atoms with E-state index >= 15 is 0 Å². The second-order valence-corrected chi connectivity index (χ2v) is 6.25. The molecule has 11 heteroatoms. The van der Waals surface area contributed by atoms with Crippen LogP contribution in [-0.2, 0) is 6.54 Å². The van der Waals surface area contributed by atoms with Crippen molar-refractivity contribution in [2.24, 2.45) is 0 Å². The number of H-pyrrole nitrogens is 1. The van der Waals surface area contributed by atoms with Crippen molar-refractivity contribution in [2.45, 2.75) is 13.0 Å². The van der Waals surface area contributed by atoms with Gasteiger partial charge >= 0.3 is 6.03 Å². The number of aromatic amines is 1. The van der Waals surface area contributed by atoms with Crippen LogP contribution >= 0.6 is 11.6 Å². The Balaban J connectivity index is 1.89. The number of methoxy groups -OCH3 is 1. The number of hydrogen-bond donors (Lipinski definition) is 2. The van der Waals surface area contributed by atoms with Gasteiger partial charge in [-0.05, 0) is 24.3 Å². The number of aromatic nitrogens is 3. The van der Waals surface area contributed by atoms with Crippen molar-refractivity contribution >= 4 is 29.0 Å². The fourth-order valence-electron chi connectivity index (χ4n) is 2.45. The molecule has 0 saturated carbocycles. The van der Waals surface area contributed by atoms with E-state index < -0.39 is 24.0 Å². The fourth-order valence-corrected chi connectivity index (χ4v) is 2.63. The van der Waals surface area contributed by atoms with Gasteiger partial charge in [-0.3, -0.25) is 15.0 Å². The summed E-state index contributed by atoms with van der Waals surface area (Å²) in [6.07, 6.45) is 0.108. The average Bonchev–Trinajstić information content (AvgIpc) is 3.18. The molecule has 1 aromatic carbocycles. The van der Waals surface area contributed by atoms with E-state index in [1.165, 1.54) is 36.5 Å². The highest BCUT2D eigenvalue weighted by atomic mass is 35.5. The van der Waals surface area contributed by atoms with Crippen LogP contribution in [0.25, 0.3) is 0 Å². The first-order valence-corrected chi connectivity index (χ1v) is 8.60. The average molecular weight is 426 g/mol. The Hall–Kier alpha value is -3.27. The lowest BCUT2D eigenvalue weighted by Crippen LogP contribution is -2.34. The third-order valence-electron chi connectivity index (χ3n) is 3.86. The Labute approximate surface area is 168 Å². The summed E-state index contributed by atoms with van der Waals surface area (Å²) in [6, 6.07) is 5.78. The van der Waals surface area contributed by atoms with Crippen LogP contribution in [0, 0.1) is 5.82 Å². The van der Waals surface area contributed by atoms with Gasteiger partial charge < -0.3 is 10.1 Å². The maximum Gasteiger partial charge on any atom is 0.326 e. The summed E-state index contributed by atoms with van der Waals surface area (Å²) in [5.74, 6) is -0.237. The number of rotatable bonds is 6. The third kappa shape index (κ3) is 4.96. The maximum absolute atomic E-state index is 13.3. The van der Waals surface area contributed by atoms with E-state index in [-0.39, 0.29) is 22.9 Å². The minimum Gasteiger partial charge on any atom is -0.495 e. The molecule has 152 valence electrons. The Kier molecular flexibility index (Phi) is 6.23. The smallest absolute Gasteiger partial charge is 0.326 e. The van der Waals surface area contributed by atoms with Crippen molar-refractivity contribution < 1.29 is 22.7 Å². The lowest BCUT2D eigenvalue weighted by Gasteiger charge is -2.22. The molecule has 0 unspecified atom stereocenters. The first-order chi connectivity index (χ1) is 13.9. The van der Waals surface area contributed by atoms with Gasteiger partial charge in [-0.1, -0.05) is 11.6 Å². The van der Waals surface area contributed by atoms with E-state index in [1.54, 1.807) is 6.07 Å². The van der Waals surface area contributed by atoms with Crippen molar-refractivity contribution in [3.05, 3.63) is 65.0 Å². The molecule has 0 saturated heterocycles. The number of halogens is 4. The van der Waals surface area contributed by atoms with Crippen molar-refractivity contribution in [1.29, 1.82) is 0 Å². The van der Waals surface area contributed by atoms with Crippen molar-refractivity contribution in [1.82, 2.24) is 15.2 Å². The second kappa shape index (κ2) is 8.82. The Morgan fingerprint density at radius 1 is 1.31 bits per heavy atom. The molecule has 7 nitrogen and oxygen atoms in total. The van der Waals surface area contributed by atoms with Crippen LogP contribution < -0.4 is 15.0 Å². The van der Waals surface area contributed by atoms with Crippen LogP contribution in [0.2, 0.25) is 5.02 Å². The minimum absolute atomic E-state index is 0.116. The molecule has 2 aromatic heterocycles. The molecular formula is C18H15ClF3N5O2. The topological polar surface area (TPSA) is 83.1 Å². The number of carbonyl (C=O) groups is 1. The third-order valence-corrected chi connectivity index (χ3v) is 4.15. The van der Waals surface area contributed by atoms with E-state index in [2.05, 4.69) is 20.5 Å². The van der Waals surface area contributed by atoms with Gasteiger partial charge in [0, 0.05) is 11.8 Å². The highest BCUT2D eigenvalue weighted by molar-refractivity contribution is 6.31. The first-order valence-electron chi connectivity index (χ1n) is 8.22. The molecule has 2 N–H and O–H groups in total. The van der Waals surface area contributed by atoms with E-state index in [0.29, 0.717) is 11.4 Å². The normalized spacial score (nSPS) is 10.8. The van der Waals surface area contributed by atoms with Gasteiger partial charge in [0.25, 0.3) is 6.43 Å². The molecule has 0 spiro atoms. The monoisotopic (exact) mass is 425 g/mol. The number of alkyl halides is 2. The molecule has 0 aliphatic carbocycles. The summed E-state index contributed by atoms with van der Waals surface area (Å²) in [5.41, 5.74) is 0.424. The number of hydrogen-bond acceptors (Lipinski definition) is 4. The van der Waals surface area contributed by atoms with E-state index in [4.69, 9.17) is 16.3 Å². The predicted molar refractivity (Wildman–Crippen MR) is 101 cm³/mol. The Bertz CT molecular complexity index is 1010. The molecule has 3 rings (SSSR count). The molecule has 2 amide bonds. The van der Waals surface area contributed by atoms with Crippen LogP contribution in [0.4, 0.5) is 29.3 Å².